The SMILES string of the molecule is CCN(CC)c1ccc(/C=C(\NC(=O)c2ccccc2)C(=O)N/N=C/c2cc(Br)cc(Br)c2OC)cc1. The topological polar surface area (TPSA) is 83.0 Å². The molecule has 3 aromatic rings. The van der Waals surface area contributed by atoms with Gasteiger partial charge >= 0.3 is 0 Å². The minimum Gasteiger partial charge on any atom is -0.495 e. The molecule has 0 unspecified atom stereocenters. The highest BCUT2D eigenvalue weighted by atomic mass is 79.9. The van der Waals surface area contributed by atoms with Gasteiger partial charge in [0, 0.05) is 34.4 Å². The Morgan fingerprint density at radius 3 is 2.30 bits per heavy atom. The van der Waals surface area contributed by atoms with E-state index in [0.717, 1.165) is 33.3 Å². The summed E-state index contributed by atoms with van der Waals surface area (Å²) in [6.07, 6.45) is 3.09. The van der Waals surface area contributed by atoms with E-state index in [4.69, 9.17) is 4.74 Å². The highest BCUT2D eigenvalue weighted by Crippen LogP contribution is 2.31. The molecule has 9 heteroatoms. The zero-order valence-corrected chi connectivity index (χ0v) is 24.0. The van der Waals surface area contributed by atoms with Crippen LogP contribution in [-0.2, 0) is 4.79 Å². The molecular formula is C28H28Br2N4O3. The summed E-state index contributed by atoms with van der Waals surface area (Å²) >= 11 is 6.88. The van der Waals surface area contributed by atoms with Crippen molar-refractivity contribution in [3.05, 3.63) is 98.1 Å². The lowest BCUT2D eigenvalue weighted by atomic mass is 10.1. The quantitative estimate of drug-likeness (QED) is 0.164. The molecule has 2 N–H and O–H groups in total. The second kappa shape index (κ2) is 13.8. The zero-order valence-electron chi connectivity index (χ0n) is 20.8. The molecule has 0 aliphatic carbocycles. The van der Waals surface area contributed by atoms with Crippen molar-refractivity contribution in [3.63, 3.8) is 0 Å². The number of ether oxygens (including phenoxy) is 1. The smallest absolute Gasteiger partial charge is 0.287 e. The van der Waals surface area contributed by atoms with E-state index in [9.17, 15) is 9.59 Å². The van der Waals surface area contributed by atoms with Crippen molar-refractivity contribution in [1.29, 1.82) is 0 Å². The first-order chi connectivity index (χ1) is 17.9. The number of carbonyl (C=O) groups is 2. The normalized spacial score (nSPS) is 11.3. The van der Waals surface area contributed by atoms with Gasteiger partial charge in [0.1, 0.15) is 11.4 Å². The van der Waals surface area contributed by atoms with Crippen molar-refractivity contribution in [2.45, 2.75) is 13.8 Å². The first-order valence-electron chi connectivity index (χ1n) is 11.7. The van der Waals surface area contributed by atoms with Crippen molar-refractivity contribution in [2.24, 2.45) is 5.10 Å². The van der Waals surface area contributed by atoms with Gasteiger partial charge in [0.15, 0.2) is 0 Å². The number of benzene rings is 3. The Labute approximate surface area is 233 Å². The molecule has 0 radical (unpaired) electrons. The standard InChI is InChI=1S/C28H28Br2N4O3/c1-4-34(5-2)23-13-11-19(12-14-23)15-25(32-27(35)20-9-7-6-8-10-20)28(36)33-31-18-21-16-22(29)17-24(30)26(21)37-3/h6-18H,4-5H2,1-3H3,(H,32,35)(H,33,36)/b25-15-,31-18+. The molecule has 3 aromatic carbocycles. The fourth-order valence-electron chi connectivity index (χ4n) is 3.59. The molecule has 7 nitrogen and oxygen atoms in total. The second-order valence-corrected chi connectivity index (χ2v) is 9.62. The van der Waals surface area contributed by atoms with E-state index < -0.39 is 11.8 Å². The lowest BCUT2D eigenvalue weighted by Crippen LogP contribution is -2.32. The summed E-state index contributed by atoms with van der Waals surface area (Å²) in [6, 6.07) is 20.2. The molecule has 0 bridgehead atoms. The van der Waals surface area contributed by atoms with E-state index in [1.165, 1.54) is 6.21 Å². The van der Waals surface area contributed by atoms with Crippen LogP contribution in [0.3, 0.4) is 0 Å². The molecule has 0 aromatic heterocycles. The Morgan fingerprint density at radius 1 is 1.00 bits per heavy atom. The number of methoxy groups -OCH3 is 1. The van der Waals surface area contributed by atoms with Gasteiger partial charge in [-0.1, -0.05) is 46.3 Å². The average molecular weight is 628 g/mol. The number of hydrogen-bond acceptors (Lipinski definition) is 5. The van der Waals surface area contributed by atoms with Gasteiger partial charge in [-0.3, -0.25) is 9.59 Å². The minimum atomic E-state index is -0.568. The highest BCUT2D eigenvalue weighted by molar-refractivity contribution is 9.11. The van der Waals surface area contributed by atoms with Crippen LogP contribution in [0.2, 0.25) is 0 Å². The van der Waals surface area contributed by atoms with Crippen LogP contribution >= 0.6 is 31.9 Å². The summed E-state index contributed by atoms with van der Waals surface area (Å²) in [4.78, 5) is 28.1. The summed E-state index contributed by atoms with van der Waals surface area (Å²) in [5.41, 5.74) is 5.49. The van der Waals surface area contributed by atoms with Gasteiger partial charge in [0.2, 0.25) is 0 Å². The summed E-state index contributed by atoms with van der Waals surface area (Å²) in [5.74, 6) is -0.396. The maximum Gasteiger partial charge on any atom is 0.287 e. The second-order valence-electron chi connectivity index (χ2n) is 7.85. The maximum atomic E-state index is 13.1. The molecule has 37 heavy (non-hydrogen) atoms. The summed E-state index contributed by atoms with van der Waals surface area (Å²) in [7, 11) is 1.55. The summed E-state index contributed by atoms with van der Waals surface area (Å²) < 4.78 is 6.97. The third-order valence-corrected chi connectivity index (χ3v) is 6.52. The minimum absolute atomic E-state index is 0.0592. The summed E-state index contributed by atoms with van der Waals surface area (Å²) in [5, 5.41) is 6.81. The molecular weight excluding hydrogens is 600 g/mol. The number of hydrazone groups is 1. The predicted octanol–water partition coefficient (Wildman–Crippen LogP) is 5.99. The van der Waals surface area contributed by atoms with Crippen molar-refractivity contribution in [2.75, 3.05) is 25.1 Å². The Morgan fingerprint density at radius 2 is 1.68 bits per heavy atom. The van der Waals surface area contributed by atoms with Crippen molar-refractivity contribution in [1.82, 2.24) is 10.7 Å². The Kier molecular flexibility index (Phi) is 10.5. The number of nitrogens with one attached hydrogen (secondary N) is 2. The molecule has 0 saturated heterocycles. The molecule has 0 atom stereocenters. The van der Waals surface area contributed by atoms with Crippen LogP contribution in [-0.4, -0.2) is 38.2 Å². The van der Waals surface area contributed by atoms with E-state index >= 15 is 0 Å². The Balaban J connectivity index is 1.86. The van der Waals surface area contributed by atoms with Crippen LogP contribution in [0.15, 0.2) is 86.5 Å². The third-order valence-electron chi connectivity index (χ3n) is 5.47. The number of hydrogen-bond donors (Lipinski definition) is 2. The number of amides is 2. The molecule has 192 valence electrons. The number of anilines is 1. The monoisotopic (exact) mass is 626 g/mol. The molecule has 0 aliphatic heterocycles. The van der Waals surface area contributed by atoms with Crippen LogP contribution in [0.5, 0.6) is 5.75 Å². The summed E-state index contributed by atoms with van der Waals surface area (Å²) in [6.45, 7) is 5.98. The van der Waals surface area contributed by atoms with Gasteiger partial charge in [0.25, 0.3) is 11.8 Å². The maximum absolute atomic E-state index is 13.1. The number of halogens is 2. The largest absolute Gasteiger partial charge is 0.495 e. The first kappa shape index (κ1) is 28.1. The van der Waals surface area contributed by atoms with Gasteiger partial charge in [-0.15, -0.1) is 0 Å². The van der Waals surface area contributed by atoms with E-state index in [2.05, 4.69) is 66.5 Å². The van der Waals surface area contributed by atoms with Crippen LogP contribution in [0.1, 0.15) is 35.3 Å². The van der Waals surface area contributed by atoms with Crippen molar-refractivity contribution in [3.8, 4) is 5.75 Å². The third kappa shape index (κ3) is 7.77. The highest BCUT2D eigenvalue weighted by Gasteiger charge is 2.15. The lowest BCUT2D eigenvalue weighted by molar-refractivity contribution is -0.117. The predicted molar refractivity (Wildman–Crippen MR) is 156 cm³/mol. The van der Waals surface area contributed by atoms with Gasteiger partial charge in [-0.2, -0.15) is 5.10 Å². The fraction of sp³-hybridized carbons (Fsp3) is 0.179. The van der Waals surface area contributed by atoms with E-state index in [1.807, 2.05) is 42.5 Å². The number of carbonyl (C=O) groups excluding carboxylic acids is 2. The van der Waals surface area contributed by atoms with Gasteiger partial charge in [0.05, 0.1) is 17.8 Å². The molecule has 0 aliphatic rings. The van der Waals surface area contributed by atoms with Gasteiger partial charge in [-0.25, -0.2) is 5.43 Å². The lowest BCUT2D eigenvalue weighted by Gasteiger charge is -2.21. The fourth-order valence-corrected chi connectivity index (χ4v) is 5.01. The van der Waals surface area contributed by atoms with E-state index in [0.29, 0.717) is 16.9 Å². The Bertz CT molecular complexity index is 1290. The molecule has 3 rings (SSSR count). The van der Waals surface area contributed by atoms with Gasteiger partial charge < -0.3 is 15.0 Å². The number of nitrogens with zero attached hydrogens (tertiary/aromatic N) is 2. The van der Waals surface area contributed by atoms with Crippen LogP contribution in [0, 0.1) is 0 Å². The number of rotatable bonds is 10. The van der Waals surface area contributed by atoms with Crippen molar-refractivity contribution >= 4 is 61.7 Å². The van der Waals surface area contributed by atoms with Crippen LogP contribution in [0.4, 0.5) is 5.69 Å². The first-order valence-corrected chi connectivity index (χ1v) is 13.2. The van der Waals surface area contributed by atoms with Crippen LogP contribution < -0.4 is 20.4 Å². The molecule has 0 heterocycles. The van der Waals surface area contributed by atoms with Crippen LogP contribution in [0.25, 0.3) is 6.08 Å². The van der Waals surface area contributed by atoms with E-state index in [1.54, 1.807) is 37.5 Å². The zero-order chi connectivity index (χ0) is 26.8. The van der Waals surface area contributed by atoms with Crippen molar-refractivity contribution < 1.29 is 14.3 Å². The van der Waals surface area contributed by atoms with Gasteiger partial charge in [-0.05, 0) is 77.8 Å². The molecule has 0 fully saturated rings. The molecule has 0 spiro atoms. The Hall–Kier alpha value is -3.43. The molecule has 0 saturated carbocycles. The van der Waals surface area contributed by atoms with E-state index in [-0.39, 0.29) is 5.70 Å². The average Bonchev–Trinajstić information content (AvgIpc) is 2.90. The molecule has 2 amide bonds.